The fourth-order valence-corrected chi connectivity index (χ4v) is 2.54. The van der Waals surface area contributed by atoms with Gasteiger partial charge in [-0.05, 0) is 12.1 Å². The third kappa shape index (κ3) is 3.86. The molecule has 6 nitrogen and oxygen atoms in total. The van der Waals surface area contributed by atoms with Crippen LogP contribution in [0.4, 0.5) is 8.78 Å². The maximum atomic E-state index is 12.2. The molecule has 0 heterocycles. The van der Waals surface area contributed by atoms with Gasteiger partial charge in [-0.1, -0.05) is 12.1 Å². The van der Waals surface area contributed by atoms with Gasteiger partial charge in [-0.3, -0.25) is 4.79 Å². The van der Waals surface area contributed by atoms with Gasteiger partial charge in [0, 0.05) is 7.05 Å². The molecule has 0 aromatic heterocycles. The van der Waals surface area contributed by atoms with Crippen LogP contribution in [-0.2, 0) is 14.8 Å². The first-order valence-corrected chi connectivity index (χ1v) is 6.41. The fraction of sp³-hybridized carbons (Fsp3) is 0.300. The molecule has 19 heavy (non-hydrogen) atoms. The predicted molar refractivity (Wildman–Crippen MR) is 60.5 cm³/mol. The van der Waals surface area contributed by atoms with Crippen molar-refractivity contribution in [2.24, 2.45) is 0 Å². The number of carbonyl (C=O) groups is 1. The van der Waals surface area contributed by atoms with Crippen LogP contribution in [0, 0.1) is 0 Å². The van der Waals surface area contributed by atoms with Crippen molar-refractivity contribution in [1.29, 1.82) is 0 Å². The predicted octanol–water partition coefficient (Wildman–Crippen LogP) is 0.993. The first kappa shape index (κ1) is 15.3. The molecule has 0 bridgehead atoms. The van der Waals surface area contributed by atoms with Crippen molar-refractivity contribution in [2.75, 3.05) is 13.6 Å². The Labute approximate surface area is 108 Å². The molecular formula is C10H11F2NO5S. The van der Waals surface area contributed by atoms with E-state index in [1.807, 2.05) is 0 Å². The SMILES string of the molecule is CN(CC(=O)O)S(=O)(=O)c1ccccc1OC(F)F. The summed E-state index contributed by atoms with van der Waals surface area (Å²) in [5, 5.41) is 8.55. The molecule has 1 rings (SSSR count). The van der Waals surface area contributed by atoms with E-state index in [1.54, 1.807) is 0 Å². The van der Waals surface area contributed by atoms with E-state index < -0.39 is 39.8 Å². The number of alkyl halides is 2. The third-order valence-electron chi connectivity index (χ3n) is 2.11. The molecule has 0 radical (unpaired) electrons. The quantitative estimate of drug-likeness (QED) is 0.846. The number of carboxylic acid groups (broad SMARTS) is 1. The van der Waals surface area contributed by atoms with Crippen LogP contribution in [0.1, 0.15) is 0 Å². The van der Waals surface area contributed by atoms with Crippen LogP contribution in [0.5, 0.6) is 5.75 Å². The molecule has 9 heteroatoms. The Hall–Kier alpha value is -1.74. The van der Waals surface area contributed by atoms with Crippen LogP contribution >= 0.6 is 0 Å². The number of hydrogen-bond donors (Lipinski definition) is 1. The van der Waals surface area contributed by atoms with Crippen LogP contribution in [0.2, 0.25) is 0 Å². The lowest BCUT2D eigenvalue weighted by molar-refractivity contribution is -0.137. The molecule has 0 aliphatic carbocycles. The van der Waals surface area contributed by atoms with Crippen LogP contribution in [0.15, 0.2) is 29.2 Å². The van der Waals surface area contributed by atoms with Crippen molar-refractivity contribution in [3.05, 3.63) is 24.3 Å². The topological polar surface area (TPSA) is 83.9 Å². The Kier molecular flexibility index (Phi) is 4.78. The number of nitrogens with zero attached hydrogens (tertiary/aromatic N) is 1. The van der Waals surface area contributed by atoms with Gasteiger partial charge in [0.25, 0.3) is 0 Å². The zero-order valence-electron chi connectivity index (χ0n) is 9.79. The van der Waals surface area contributed by atoms with Crippen molar-refractivity contribution >= 4 is 16.0 Å². The van der Waals surface area contributed by atoms with Crippen LogP contribution < -0.4 is 4.74 Å². The molecule has 1 N–H and O–H groups in total. The van der Waals surface area contributed by atoms with Gasteiger partial charge in [0.2, 0.25) is 10.0 Å². The van der Waals surface area contributed by atoms with Crippen molar-refractivity contribution in [3.63, 3.8) is 0 Å². The monoisotopic (exact) mass is 295 g/mol. The number of para-hydroxylation sites is 1. The van der Waals surface area contributed by atoms with Crippen LogP contribution in [0.3, 0.4) is 0 Å². The zero-order chi connectivity index (χ0) is 14.6. The number of sulfonamides is 1. The minimum absolute atomic E-state index is 0.515. The highest BCUT2D eigenvalue weighted by atomic mass is 32.2. The fourth-order valence-electron chi connectivity index (χ4n) is 1.30. The van der Waals surface area contributed by atoms with E-state index in [1.165, 1.54) is 12.1 Å². The Morgan fingerprint density at radius 2 is 2.00 bits per heavy atom. The Morgan fingerprint density at radius 3 is 2.53 bits per heavy atom. The van der Waals surface area contributed by atoms with Gasteiger partial charge in [0.15, 0.2) is 0 Å². The van der Waals surface area contributed by atoms with E-state index in [0.29, 0.717) is 4.31 Å². The maximum Gasteiger partial charge on any atom is 0.387 e. The van der Waals surface area contributed by atoms with E-state index in [0.717, 1.165) is 19.2 Å². The summed E-state index contributed by atoms with van der Waals surface area (Å²) in [5.41, 5.74) is 0. The molecule has 0 fully saturated rings. The first-order valence-electron chi connectivity index (χ1n) is 4.97. The highest BCUT2D eigenvalue weighted by molar-refractivity contribution is 7.89. The van der Waals surface area contributed by atoms with Crippen molar-refractivity contribution in [1.82, 2.24) is 4.31 Å². The minimum atomic E-state index is -4.22. The second-order valence-corrected chi connectivity index (χ2v) is 5.49. The molecule has 0 unspecified atom stereocenters. The highest BCUT2D eigenvalue weighted by Crippen LogP contribution is 2.27. The number of benzene rings is 1. The maximum absolute atomic E-state index is 12.2. The number of rotatable bonds is 6. The van der Waals surface area contributed by atoms with Crippen molar-refractivity contribution < 1.29 is 31.8 Å². The summed E-state index contributed by atoms with van der Waals surface area (Å²) in [4.78, 5) is 9.98. The summed E-state index contributed by atoms with van der Waals surface area (Å²) in [5.74, 6) is -1.90. The van der Waals surface area contributed by atoms with Crippen LogP contribution in [-0.4, -0.2) is 44.0 Å². The molecule has 1 aromatic carbocycles. The zero-order valence-corrected chi connectivity index (χ0v) is 10.6. The van der Waals surface area contributed by atoms with Gasteiger partial charge in [-0.2, -0.15) is 13.1 Å². The second kappa shape index (κ2) is 5.93. The summed E-state index contributed by atoms with van der Waals surface area (Å²) < 4.78 is 53.0. The Balaban J connectivity index is 3.17. The molecule has 1 aromatic rings. The number of hydrogen-bond acceptors (Lipinski definition) is 4. The normalized spacial score (nSPS) is 11.8. The third-order valence-corrected chi connectivity index (χ3v) is 3.95. The van der Waals surface area contributed by atoms with Gasteiger partial charge in [0.1, 0.15) is 17.2 Å². The van der Waals surface area contributed by atoms with Gasteiger partial charge < -0.3 is 9.84 Å². The van der Waals surface area contributed by atoms with Gasteiger partial charge in [0.05, 0.1) is 0 Å². The van der Waals surface area contributed by atoms with Crippen molar-refractivity contribution in [2.45, 2.75) is 11.5 Å². The van der Waals surface area contributed by atoms with Gasteiger partial charge in [-0.25, -0.2) is 8.42 Å². The molecule has 106 valence electrons. The Morgan fingerprint density at radius 1 is 1.42 bits per heavy atom. The lowest BCUT2D eigenvalue weighted by Gasteiger charge is -2.17. The molecule has 0 aliphatic rings. The smallest absolute Gasteiger partial charge is 0.387 e. The summed E-state index contributed by atoms with van der Waals surface area (Å²) in [6.07, 6.45) is 0. The molecule has 0 saturated heterocycles. The second-order valence-electron chi connectivity index (χ2n) is 3.48. The standard InChI is InChI=1S/C10H11F2NO5S/c1-13(6-9(14)15)19(16,17)8-5-3-2-4-7(8)18-10(11)12/h2-5,10H,6H2,1H3,(H,14,15). The lowest BCUT2D eigenvalue weighted by atomic mass is 10.3. The van der Waals surface area contributed by atoms with E-state index in [4.69, 9.17) is 5.11 Å². The van der Waals surface area contributed by atoms with E-state index in [-0.39, 0.29) is 0 Å². The molecule has 0 atom stereocenters. The largest absolute Gasteiger partial charge is 0.480 e. The average Bonchev–Trinajstić information content (AvgIpc) is 2.27. The minimum Gasteiger partial charge on any atom is -0.480 e. The molecule has 0 amide bonds. The van der Waals surface area contributed by atoms with Gasteiger partial charge >= 0.3 is 12.6 Å². The number of halogens is 2. The van der Waals surface area contributed by atoms with E-state index >= 15 is 0 Å². The van der Waals surface area contributed by atoms with Crippen molar-refractivity contribution in [3.8, 4) is 5.75 Å². The van der Waals surface area contributed by atoms with Crippen LogP contribution in [0.25, 0.3) is 0 Å². The number of ether oxygens (including phenoxy) is 1. The summed E-state index contributed by atoms with van der Waals surface area (Å²) in [6.45, 7) is -3.97. The first-order chi connectivity index (χ1) is 8.75. The molecule has 0 spiro atoms. The molecule has 0 saturated carbocycles. The lowest BCUT2D eigenvalue weighted by Crippen LogP contribution is -2.32. The number of aliphatic carboxylic acids is 1. The van der Waals surface area contributed by atoms with Gasteiger partial charge in [-0.15, -0.1) is 0 Å². The number of likely N-dealkylation sites (N-methyl/N-ethyl adjacent to an activating group) is 1. The summed E-state index contributed by atoms with van der Waals surface area (Å²) in [7, 11) is -3.19. The number of carboxylic acids is 1. The molecule has 0 aliphatic heterocycles. The average molecular weight is 295 g/mol. The highest BCUT2D eigenvalue weighted by Gasteiger charge is 2.27. The summed E-state index contributed by atoms with van der Waals surface area (Å²) >= 11 is 0. The summed E-state index contributed by atoms with van der Waals surface area (Å²) in [6, 6.07) is 4.77. The molecular weight excluding hydrogens is 284 g/mol. The Bertz CT molecular complexity index is 561. The van der Waals surface area contributed by atoms with E-state index in [9.17, 15) is 22.0 Å². The van der Waals surface area contributed by atoms with E-state index in [2.05, 4.69) is 4.74 Å².